The van der Waals surface area contributed by atoms with Gasteiger partial charge in [0.25, 0.3) is 0 Å². The van der Waals surface area contributed by atoms with Crippen LogP contribution in [0.4, 0.5) is 5.69 Å². The number of phenols is 1. The van der Waals surface area contributed by atoms with Gasteiger partial charge in [-0.1, -0.05) is 48.5 Å². The number of aliphatic hydroxyl groups excluding tert-OH is 3. The van der Waals surface area contributed by atoms with E-state index in [2.05, 4.69) is 4.98 Å². The van der Waals surface area contributed by atoms with E-state index in [1.165, 1.54) is 24.3 Å². The van der Waals surface area contributed by atoms with Gasteiger partial charge in [0.1, 0.15) is 5.75 Å². The molecule has 3 aromatic carbocycles. The fourth-order valence-electron chi connectivity index (χ4n) is 7.08. The van der Waals surface area contributed by atoms with Gasteiger partial charge in [-0.3, -0.25) is 19.5 Å². The molecule has 1 aromatic heterocycles. The Morgan fingerprint density at radius 1 is 0.957 bits per heavy atom. The Labute approximate surface area is 271 Å². The van der Waals surface area contributed by atoms with Crippen LogP contribution in [0.15, 0.2) is 96.2 Å². The van der Waals surface area contributed by atoms with Gasteiger partial charge in [-0.2, -0.15) is 0 Å². The largest absolute Gasteiger partial charge is 0.507 e. The quantitative estimate of drug-likeness (QED) is 0.0871. The molecule has 11 heteroatoms. The van der Waals surface area contributed by atoms with Crippen LogP contribution in [-0.4, -0.2) is 73.7 Å². The van der Waals surface area contributed by atoms with Crippen molar-refractivity contribution in [2.75, 3.05) is 18.1 Å². The molecule has 240 valence electrons. The number of aliphatic hydroxyl groups is 3. The minimum absolute atomic E-state index is 0.0376. The van der Waals surface area contributed by atoms with Crippen molar-refractivity contribution in [1.82, 2.24) is 4.98 Å². The van der Waals surface area contributed by atoms with Crippen LogP contribution < -0.4 is 10.4 Å². The van der Waals surface area contributed by atoms with Crippen LogP contribution in [0, 0.1) is 17.8 Å². The second-order valence-electron chi connectivity index (χ2n) is 12.0. The maximum Gasteiger partial charge on any atom is 0.488 e. The number of carbonyl (C=O) groups excluding carboxylic acids is 2. The highest BCUT2D eigenvalue weighted by molar-refractivity contribution is 6.58. The van der Waals surface area contributed by atoms with Crippen LogP contribution >= 0.6 is 0 Å². The highest BCUT2D eigenvalue weighted by atomic mass is 16.4. The maximum absolute atomic E-state index is 13.8. The van der Waals surface area contributed by atoms with Gasteiger partial charge in [-0.05, 0) is 88.8 Å². The second kappa shape index (κ2) is 13.6. The number of carbonyl (C=O) groups is 2. The zero-order valence-electron chi connectivity index (χ0n) is 25.5. The summed E-state index contributed by atoms with van der Waals surface area (Å²) in [5.74, 6) is -3.64. The lowest BCUT2D eigenvalue weighted by atomic mass is 9.68. The third-order valence-electron chi connectivity index (χ3n) is 9.30. The molecule has 2 aliphatic rings. The number of amides is 2. The number of anilines is 1. The maximum atomic E-state index is 13.8. The molecule has 0 unspecified atom stereocenters. The first-order valence-corrected chi connectivity index (χ1v) is 15.5. The van der Waals surface area contributed by atoms with Crippen molar-refractivity contribution in [3.8, 4) is 5.75 Å². The standard InChI is InChI=1S/C36H35BN2O8/c40-19-23-17-28-34(36(45)39(35(28)44)25-7-5-6-24(18-25)37(46)47)29(20-41)33(23)32(43)14-12-22(30-10-3-4-15-38-30)16-21-11-13-31(42)27-9-2-1-8-26(21)27/h1-11,13,15-16,18,28-29,32,34,40-43,46-47H,12,14,17,19-20H2/b22-16-/t28-,29+,32-,34-/m1/s1. The normalized spacial score (nSPS) is 20.6. The molecule has 0 spiro atoms. The van der Waals surface area contributed by atoms with Crippen molar-refractivity contribution in [3.05, 3.63) is 107 Å². The number of phenolic OH excluding ortho intramolecular Hbond substituents is 1. The molecular formula is C36H35BN2O8. The van der Waals surface area contributed by atoms with E-state index in [0.29, 0.717) is 28.6 Å². The number of aromatic nitrogens is 1. The Morgan fingerprint density at radius 2 is 1.72 bits per heavy atom. The number of hydrogen-bond acceptors (Lipinski definition) is 9. The van der Waals surface area contributed by atoms with E-state index in [1.807, 2.05) is 48.5 Å². The lowest BCUT2D eigenvalue weighted by molar-refractivity contribution is -0.123. The zero-order valence-corrected chi connectivity index (χ0v) is 25.5. The number of pyridine rings is 1. The molecule has 2 heterocycles. The Balaban J connectivity index is 1.31. The fourth-order valence-corrected chi connectivity index (χ4v) is 7.08. The summed E-state index contributed by atoms with van der Waals surface area (Å²) >= 11 is 0. The number of allylic oxidation sites excluding steroid dienone is 1. The summed E-state index contributed by atoms with van der Waals surface area (Å²) in [6.07, 6.45) is 3.05. The molecular weight excluding hydrogens is 599 g/mol. The summed E-state index contributed by atoms with van der Waals surface area (Å²) in [6.45, 7) is -0.982. The Hall–Kier alpha value is -4.65. The average Bonchev–Trinajstić information content (AvgIpc) is 3.35. The van der Waals surface area contributed by atoms with Crippen LogP contribution in [0.1, 0.15) is 30.5 Å². The molecule has 6 N–H and O–H groups in total. The van der Waals surface area contributed by atoms with E-state index in [4.69, 9.17) is 0 Å². The number of aromatic hydroxyl groups is 1. The van der Waals surface area contributed by atoms with E-state index < -0.39 is 56.0 Å². The van der Waals surface area contributed by atoms with Gasteiger partial charge in [0, 0.05) is 17.5 Å². The van der Waals surface area contributed by atoms with Crippen LogP contribution in [-0.2, 0) is 9.59 Å². The lowest BCUT2D eigenvalue weighted by Crippen LogP contribution is -2.39. The summed E-state index contributed by atoms with van der Waals surface area (Å²) in [5.41, 5.74) is 3.41. The molecule has 0 bridgehead atoms. The fraction of sp³-hybridized carbons (Fsp3) is 0.250. The average molecular weight is 634 g/mol. The predicted molar refractivity (Wildman–Crippen MR) is 178 cm³/mol. The zero-order chi connectivity index (χ0) is 33.2. The summed E-state index contributed by atoms with van der Waals surface area (Å²) in [4.78, 5) is 32.9. The molecule has 1 aliphatic carbocycles. The minimum atomic E-state index is -1.79. The predicted octanol–water partition coefficient (Wildman–Crippen LogP) is 2.41. The first-order chi connectivity index (χ1) is 22.7. The topological polar surface area (TPSA) is 172 Å². The summed E-state index contributed by atoms with van der Waals surface area (Å²) in [5, 5.41) is 63.9. The number of rotatable bonds is 10. The minimum Gasteiger partial charge on any atom is -0.507 e. The summed E-state index contributed by atoms with van der Waals surface area (Å²) in [7, 11) is -1.79. The molecule has 1 fully saturated rings. The summed E-state index contributed by atoms with van der Waals surface area (Å²) in [6, 6.07) is 22.3. The molecule has 0 radical (unpaired) electrons. The number of imide groups is 1. The number of hydrogen-bond donors (Lipinski definition) is 6. The smallest absolute Gasteiger partial charge is 0.488 e. The van der Waals surface area contributed by atoms with Gasteiger partial charge < -0.3 is 30.5 Å². The highest BCUT2D eigenvalue weighted by Gasteiger charge is 2.55. The summed E-state index contributed by atoms with van der Waals surface area (Å²) < 4.78 is 0. The van der Waals surface area contributed by atoms with Crippen molar-refractivity contribution < 1.29 is 40.1 Å². The van der Waals surface area contributed by atoms with Crippen molar-refractivity contribution in [3.63, 3.8) is 0 Å². The van der Waals surface area contributed by atoms with Gasteiger partial charge in [-0.15, -0.1) is 0 Å². The van der Waals surface area contributed by atoms with Crippen molar-refractivity contribution in [1.29, 1.82) is 0 Å². The molecule has 6 rings (SSSR count). The van der Waals surface area contributed by atoms with Crippen molar-refractivity contribution in [2.24, 2.45) is 17.8 Å². The van der Waals surface area contributed by atoms with Gasteiger partial charge in [0.2, 0.25) is 11.8 Å². The Morgan fingerprint density at radius 3 is 2.43 bits per heavy atom. The van der Waals surface area contributed by atoms with E-state index in [0.717, 1.165) is 21.4 Å². The Kier molecular flexibility index (Phi) is 9.35. The molecule has 2 amide bonds. The highest BCUT2D eigenvalue weighted by Crippen LogP contribution is 2.47. The molecule has 10 nitrogen and oxygen atoms in total. The SMILES string of the molecule is O=C1[C@@H]2[C@@H](CC(CO)=C([C@H](O)CC/C(=C/c3ccc(O)c4ccccc34)c3ccccn3)[C@@H]2CO)C(=O)N1c1cccc(B(O)O)c1. The van der Waals surface area contributed by atoms with Gasteiger partial charge in [0.05, 0.1) is 42.5 Å². The molecule has 4 atom stereocenters. The van der Waals surface area contributed by atoms with Gasteiger partial charge in [-0.25, -0.2) is 0 Å². The van der Waals surface area contributed by atoms with Crippen molar-refractivity contribution >= 4 is 52.5 Å². The molecule has 4 aromatic rings. The van der Waals surface area contributed by atoms with Crippen LogP contribution in [0.5, 0.6) is 5.75 Å². The number of benzene rings is 3. The van der Waals surface area contributed by atoms with Crippen LogP contribution in [0.2, 0.25) is 0 Å². The first-order valence-electron chi connectivity index (χ1n) is 15.5. The Bertz CT molecular complexity index is 1880. The molecule has 1 saturated heterocycles. The van der Waals surface area contributed by atoms with E-state index in [9.17, 15) is 40.1 Å². The van der Waals surface area contributed by atoms with Crippen LogP contribution in [0.25, 0.3) is 22.4 Å². The van der Waals surface area contributed by atoms with Gasteiger partial charge >= 0.3 is 7.12 Å². The third kappa shape index (κ3) is 6.11. The molecule has 1 aliphatic heterocycles. The lowest BCUT2D eigenvalue weighted by Gasteiger charge is -2.36. The number of fused-ring (bicyclic) bond motifs is 2. The molecule has 0 saturated carbocycles. The first kappa shape index (κ1) is 32.3. The van der Waals surface area contributed by atoms with E-state index in [-0.39, 0.29) is 29.7 Å². The monoisotopic (exact) mass is 634 g/mol. The van der Waals surface area contributed by atoms with E-state index in [1.54, 1.807) is 18.3 Å². The second-order valence-corrected chi connectivity index (χ2v) is 12.0. The number of nitrogens with zero attached hydrogens (tertiary/aromatic N) is 2. The van der Waals surface area contributed by atoms with Crippen molar-refractivity contribution in [2.45, 2.75) is 25.4 Å². The van der Waals surface area contributed by atoms with E-state index >= 15 is 0 Å². The third-order valence-corrected chi connectivity index (χ3v) is 9.30. The molecule has 47 heavy (non-hydrogen) atoms. The van der Waals surface area contributed by atoms with Gasteiger partial charge in [0.15, 0.2) is 0 Å². The van der Waals surface area contributed by atoms with Crippen LogP contribution in [0.3, 0.4) is 0 Å².